The summed E-state index contributed by atoms with van der Waals surface area (Å²) in [6, 6.07) is 2.09. The lowest BCUT2D eigenvalue weighted by Crippen LogP contribution is -2.10. The zero-order chi connectivity index (χ0) is 12.3. The van der Waals surface area contributed by atoms with Gasteiger partial charge >= 0.3 is 0 Å². The fraction of sp³-hybridized carbons (Fsp3) is 0.143. The van der Waals surface area contributed by atoms with E-state index in [1.807, 2.05) is 0 Å². The first-order valence-electron chi connectivity index (χ1n) is 3.89. The van der Waals surface area contributed by atoms with Crippen molar-refractivity contribution in [3.63, 3.8) is 0 Å². The minimum Gasteiger partial charge on any atom is -0.508 e. The number of hydrogen-bond donors (Lipinski definition) is 1. The van der Waals surface area contributed by atoms with E-state index in [0.717, 1.165) is 12.1 Å². The third-order valence-electron chi connectivity index (χ3n) is 1.68. The van der Waals surface area contributed by atoms with Crippen molar-refractivity contribution >= 4 is 0 Å². The molecule has 0 aliphatic heterocycles. The summed E-state index contributed by atoms with van der Waals surface area (Å²) < 4.78 is 0. The first-order chi connectivity index (χ1) is 7.41. The first-order valence-corrected chi connectivity index (χ1v) is 3.89. The van der Waals surface area contributed by atoms with Crippen LogP contribution >= 0.6 is 0 Å². The van der Waals surface area contributed by atoms with Crippen molar-refractivity contribution < 1.29 is 25.0 Å². The highest BCUT2D eigenvalue weighted by molar-refractivity contribution is 5.51. The number of hydrogen-bond acceptors (Lipinski definition) is 7. The van der Waals surface area contributed by atoms with Crippen molar-refractivity contribution in [1.82, 2.24) is 0 Å². The van der Waals surface area contributed by atoms with Gasteiger partial charge < -0.3 is 5.11 Å². The van der Waals surface area contributed by atoms with E-state index in [2.05, 4.69) is 9.68 Å². The molecular formula is C7H6N2O7. The molecule has 1 aromatic rings. The number of nitrogens with zero attached hydrogens (tertiary/aromatic N) is 2. The fourth-order valence-electron chi connectivity index (χ4n) is 0.997. The molecule has 0 aromatic heterocycles. The molecule has 0 aliphatic rings. The summed E-state index contributed by atoms with van der Waals surface area (Å²) in [5.74, 6) is -1.27. The van der Waals surface area contributed by atoms with Gasteiger partial charge in [0.2, 0.25) is 0 Å². The first kappa shape index (κ1) is 11.5. The Hall–Kier alpha value is -2.58. The van der Waals surface area contributed by atoms with Crippen LogP contribution in [0.15, 0.2) is 12.1 Å². The Labute approximate surface area is 88.0 Å². The van der Waals surface area contributed by atoms with Crippen molar-refractivity contribution in [2.75, 3.05) is 0 Å². The van der Waals surface area contributed by atoms with Crippen LogP contribution in [-0.4, -0.2) is 15.3 Å². The van der Waals surface area contributed by atoms with E-state index in [-0.39, 0.29) is 11.3 Å². The summed E-state index contributed by atoms with van der Waals surface area (Å²) in [6.45, 7) is 1.29. The standard InChI is InChI=1S/C7H6N2O7/c1-4-5(10)2-3-6(15-8(11)12)7(4)16-9(13)14/h2-3,10H,1H3. The number of phenolic OH excluding ortho intramolecular Hbond substituents is 1. The van der Waals surface area contributed by atoms with Gasteiger partial charge in [0.25, 0.3) is 10.2 Å². The normalized spacial score (nSPS) is 9.56. The average molecular weight is 230 g/mol. The van der Waals surface area contributed by atoms with Crippen LogP contribution in [-0.2, 0) is 0 Å². The molecule has 1 aromatic carbocycles. The molecule has 0 atom stereocenters. The van der Waals surface area contributed by atoms with Gasteiger partial charge in [-0.1, -0.05) is 0 Å². The zero-order valence-electron chi connectivity index (χ0n) is 7.95. The third kappa shape index (κ3) is 2.47. The van der Waals surface area contributed by atoms with Gasteiger partial charge in [-0.3, -0.25) is 9.68 Å². The van der Waals surface area contributed by atoms with Crippen LogP contribution in [0.1, 0.15) is 5.56 Å². The van der Waals surface area contributed by atoms with Crippen LogP contribution in [0.3, 0.4) is 0 Å². The Balaban J connectivity index is 3.20. The molecule has 9 nitrogen and oxygen atoms in total. The smallest absolute Gasteiger partial charge is 0.299 e. The summed E-state index contributed by atoms with van der Waals surface area (Å²) in [6.07, 6.45) is 0. The van der Waals surface area contributed by atoms with Gasteiger partial charge in [0, 0.05) is 5.56 Å². The maximum atomic E-state index is 10.1. The predicted octanol–water partition coefficient (Wildman–Crippen LogP) is 0.842. The van der Waals surface area contributed by atoms with Gasteiger partial charge in [0.1, 0.15) is 5.75 Å². The lowest BCUT2D eigenvalue weighted by molar-refractivity contribution is -0.721. The lowest BCUT2D eigenvalue weighted by Gasteiger charge is -2.09. The van der Waals surface area contributed by atoms with Crippen LogP contribution in [0.4, 0.5) is 0 Å². The molecule has 9 heteroatoms. The topological polar surface area (TPSA) is 125 Å². The van der Waals surface area contributed by atoms with Crippen molar-refractivity contribution in [1.29, 1.82) is 0 Å². The largest absolute Gasteiger partial charge is 0.508 e. The minimum atomic E-state index is -1.16. The highest BCUT2D eigenvalue weighted by Crippen LogP contribution is 2.36. The number of benzene rings is 1. The van der Waals surface area contributed by atoms with Crippen molar-refractivity contribution in [3.8, 4) is 17.2 Å². The summed E-state index contributed by atoms with van der Waals surface area (Å²) >= 11 is 0. The van der Waals surface area contributed by atoms with E-state index in [1.54, 1.807) is 0 Å². The molecule has 16 heavy (non-hydrogen) atoms. The molecule has 1 N–H and O–H groups in total. The van der Waals surface area contributed by atoms with Crippen LogP contribution in [0, 0.1) is 27.2 Å². The Morgan fingerprint density at radius 2 is 1.75 bits per heavy atom. The lowest BCUT2D eigenvalue weighted by atomic mass is 10.2. The van der Waals surface area contributed by atoms with E-state index in [1.165, 1.54) is 6.92 Å². The summed E-state index contributed by atoms with van der Waals surface area (Å²) in [4.78, 5) is 28.4. The summed E-state index contributed by atoms with van der Waals surface area (Å²) in [5, 5.41) is 27.2. The summed E-state index contributed by atoms with van der Waals surface area (Å²) in [7, 11) is 0. The molecule has 0 amide bonds. The molecule has 0 bridgehead atoms. The van der Waals surface area contributed by atoms with E-state index in [9.17, 15) is 25.3 Å². The van der Waals surface area contributed by atoms with Crippen LogP contribution in [0.25, 0.3) is 0 Å². The highest BCUT2D eigenvalue weighted by atomic mass is 17.0. The predicted molar refractivity (Wildman–Crippen MR) is 48.1 cm³/mol. The molecule has 0 spiro atoms. The van der Waals surface area contributed by atoms with E-state index < -0.39 is 21.7 Å². The Kier molecular flexibility index (Phi) is 3.09. The van der Waals surface area contributed by atoms with E-state index in [4.69, 9.17) is 0 Å². The van der Waals surface area contributed by atoms with Gasteiger partial charge in [-0.25, -0.2) is 0 Å². The molecule has 0 saturated heterocycles. The maximum absolute atomic E-state index is 10.1. The molecular weight excluding hydrogens is 224 g/mol. The second-order valence-corrected chi connectivity index (χ2v) is 2.67. The Morgan fingerprint density at radius 3 is 2.25 bits per heavy atom. The molecule has 0 unspecified atom stereocenters. The SMILES string of the molecule is Cc1c(O)ccc(O[N+](=O)[O-])c1O[N+](=O)[O-]. The van der Waals surface area contributed by atoms with Crippen molar-refractivity contribution in [2.24, 2.45) is 0 Å². The van der Waals surface area contributed by atoms with Crippen LogP contribution in [0.2, 0.25) is 0 Å². The molecule has 0 saturated carbocycles. The fourth-order valence-corrected chi connectivity index (χ4v) is 0.997. The van der Waals surface area contributed by atoms with Crippen LogP contribution in [0.5, 0.6) is 17.2 Å². The third-order valence-corrected chi connectivity index (χ3v) is 1.68. The molecule has 0 aliphatic carbocycles. The molecule has 86 valence electrons. The van der Waals surface area contributed by atoms with Crippen molar-refractivity contribution in [2.45, 2.75) is 6.92 Å². The van der Waals surface area contributed by atoms with Gasteiger partial charge in [-0.2, -0.15) is 0 Å². The van der Waals surface area contributed by atoms with Gasteiger partial charge in [-0.05, 0) is 19.1 Å². The van der Waals surface area contributed by atoms with E-state index in [0.29, 0.717) is 0 Å². The Morgan fingerprint density at radius 1 is 1.19 bits per heavy atom. The number of phenols is 1. The van der Waals surface area contributed by atoms with Gasteiger partial charge in [0.15, 0.2) is 11.5 Å². The average Bonchev–Trinajstić information content (AvgIpc) is 2.16. The monoisotopic (exact) mass is 230 g/mol. The molecule has 0 fully saturated rings. The molecule has 1 rings (SSSR count). The Bertz CT molecular complexity index is 445. The number of rotatable bonds is 4. The number of aromatic hydroxyl groups is 1. The summed E-state index contributed by atoms with van der Waals surface area (Å²) in [5.41, 5.74) is -0.0314. The molecule has 0 radical (unpaired) electrons. The zero-order valence-corrected chi connectivity index (χ0v) is 7.95. The molecule has 0 heterocycles. The second kappa shape index (κ2) is 4.29. The maximum Gasteiger partial charge on any atom is 0.299 e. The quantitative estimate of drug-likeness (QED) is 0.599. The van der Waals surface area contributed by atoms with Gasteiger partial charge in [0.05, 0.1) is 0 Å². The van der Waals surface area contributed by atoms with Gasteiger partial charge in [-0.15, -0.1) is 20.2 Å². The van der Waals surface area contributed by atoms with E-state index >= 15 is 0 Å². The highest BCUT2D eigenvalue weighted by Gasteiger charge is 2.16. The van der Waals surface area contributed by atoms with Crippen LogP contribution < -0.4 is 9.68 Å². The second-order valence-electron chi connectivity index (χ2n) is 2.67. The minimum absolute atomic E-state index is 0.0314. The van der Waals surface area contributed by atoms with Crippen molar-refractivity contribution in [3.05, 3.63) is 37.9 Å².